The molecule has 0 amide bonds. The monoisotopic (exact) mass is 212 g/mol. The molecule has 3 N–H and O–H groups in total. The third-order valence-electron chi connectivity index (χ3n) is 2.59. The maximum Gasteiger partial charge on any atom is 0.116 e. The second-order valence-corrected chi connectivity index (χ2v) is 3.76. The minimum absolute atomic E-state index is 0.247. The Morgan fingerprint density at radius 1 is 1.19 bits per heavy atom. The van der Waals surface area contributed by atoms with E-state index >= 15 is 0 Å². The van der Waals surface area contributed by atoms with Crippen molar-refractivity contribution in [2.45, 2.75) is 12.5 Å². The van der Waals surface area contributed by atoms with Gasteiger partial charge in [0.25, 0.3) is 0 Å². The molecule has 3 heteroatoms. The highest BCUT2D eigenvalue weighted by atomic mass is 16.3. The van der Waals surface area contributed by atoms with E-state index in [1.807, 2.05) is 24.3 Å². The molecule has 16 heavy (non-hydrogen) atoms. The van der Waals surface area contributed by atoms with Crippen LogP contribution in [-0.4, -0.2) is 5.11 Å². The Kier molecular flexibility index (Phi) is 2.76. The van der Waals surface area contributed by atoms with Crippen molar-refractivity contribution in [3.05, 3.63) is 42.0 Å². The fourth-order valence-electron chi connectivity index (χ4n) is 1.70. The molecule has 0 aliphatic carbocycles. The topological polar surface area (TPSA) is 70.0 Å². The van der Waals surface area contributed by atoms with Gasteiger partial charge in [0, 0.05) is 6.04 Å². The summed E-state index contributed by atoms with van der Waals surface area (Å²) in [5.74, 6) is 0.251. The number of phenolic OH excluding ortho intramolecular Hbond substituents is 1. The van der Waals surface area contributed by atoms with E-state index in [0.717, 1.165) is 16.3 Å². The number of hydrogen-bond donors (Lipinski definition) is 2. The fourth-order valence-corrected chi connectivity index (χ4v) is 1.70. The zero-order chi connectivity index (χ0) is 11.5. The summed E-state index contributed by atoms with van der Waals surface area (Å²) in [5.41, 5.74) is 6.80. The van der Waals surface area contributed by atoms with E-state index in [1.165, 1.54) is 0 Å². The van der Waals surface area contributed by atoms with Gasteiger partial charge in [-0.25, -0.2) is 0 Å². The van der Waals surface area contributed by atoms with Crippen molar-refractivity contribution in [3.8, 4) is 11.8 Å². The number of benzene rings is 2. The quantitative estimate of drug-likeness (QED) is 0.803. The summed E-state index contributed by atoms with van der Waals surface area (Å²) >= 11 is 0. The summed E-state index contributed by atoms with van der Waals surface area (Å²) in [6.07, 6.45) is 0.309. The molecule has 1 atom stereocenters. The first kappa shape index (κ1) is 10.5. The van der Waals surface area contributed by atoms with Crippen LogP contribution in [0.15, 0.2) is 36.4 Å². The normalized spacial score (nSPS) is 12.2. The highest BCUT2D eigenvalue weighted by molar-refractivity contribution is 5.84. The van der Waals surface area contributed by atoms with Crippen LogP contribution in [0.3, 0.4) is 0 Å². The molecule has 0 bridgehead atoms. The molecule has 80 valence electrons. The molecule has 0 radical (unpaired) electrons. The van der Waals surface area contributed by atoms with Gasteiger partial charge in [0.2, 0.25) is 0 Å². The number of fused-ring (bicyclic) bond motifs is 1. The maximum absolute atomic E-state index is 9.33. The number of rotatable bonds is 2. The summed E-state index contributed by atoms with van der Waals surface area (Å²) in [6, 6.07) is 12.7. The van der Waals surface area contributed by atoms with Crippen LogP contribution in [0.2, 0.25) is 0 Å². The van der Waals surface area contributed by atoms with Gasteiger partial charge in [-0.15, -0.1) is 0 Å². The average molecular weight is 212 g/mol. The van der Waals surface area contributed by atoms with Crippen LogP contribution in [0.4, 0.5) is 0 Å². The predicted molar refractivity (Wildman–Crippen MR) is 62.8 cm³/mol. The van der Waals surface area contributed by atoms with Crippen LogP contribution in [0.5, 0.6) is 5.75 Å². The lowest BCUT2D eigenvalue weighted by molar-refractivity contribution is 0.476. The van der Waals surface area contributed by atoms with Gasteiger partial charge in [0.05, 0.1) is 12.5 Å². The lowest BCUT2D eigenvalue weighted by atomic mass is 10.0. The van der Waals surface area contributed by atoms with E-state index in [4.69, 9.17) is 11.0 Å². The van der Waals surface area contributed by atoms with Crippen molar-refractivity contribution in [2.24, 2.45) is 5.73 Å². The molecule has 0 fully saturated rings. The molecule has 0 aromatic heterocycles. The zero-order valence-corrected chi connectivity index (χ0v) is 8.72. The van der Waals surface area contributed by atoms with E-state index in [9.17, 15) is 5.11 Å². The molecule has 0 saturated carbocycles. The summed E-state index contributed by atoms with van der Waals surface area (Å²) < 4.78 is 0. The summed E-state index contributed by atoms with van der Waals surface area (Å²) in [6.45, 7) is 0. The van der Waals surface area contributed by atoms with Crippen LogP contribution in [0, 0.1) is 11.3 Å². The highest BCUT2D eigenvalue weighted by Crippen LogP contribution is 2.23. The van der Waals surface area contributed by atoms with E-state index < -0.39 is 0 Å². The maximum atomic E-state index is 9.33. The van der Waals surface area contributed by atoms with Gasteiger partial charge in [0.15, 0.2) is 0 Å². The lowest BCUT2D eigenvalue weighted by Crippen LogP contribution is -2.08. The zero-order valence-electron chi connectivity index (χ0n) is 8.72. The first-order valence-electron chi connectivity index (χ1n) is 5.06. The first-order chi connectivity index (χ1) is 7.70. The molecule has 0 aliphatic heterocycles. The summed E-state index contributed by atoms with van der Waals surface area (Å²) in [7, 11) is 0. The van der Waals surface area contributed by atoms with Gasteiger partial charge in [-0.05, 0) is 34.5 Å². The van der Waals surface area contributed by atoms with E-state index in [0.29, 0.717) is 6.42 Å². The Morgan fingerprint density at radius 2 is 1.88 bits per heavy atom. The Hall–Kier alpha value is -2.05. The van der Waals surface area contributed by atoms with Crippen molar-refractivity contribution in [1.29, 1.82) is 5.26 Å². The van der Waals surface area contributed by atoms with Crippen molar-refractivity contribution >= 4 is 10.8 Å². The predicted octanol–water partition coefficient (Wildman–Crippen LogP) is 2.46. The minimum Gasteiger partial charge on any atom is -0.508 e. The minimum atomic E-state index is -0.247. The van der Waals surface area contributed by atoms with Crippen molar-refractivity contribution in [2.75, 3.05) is 0 Å². The lowest BCUT2D eigenvalue weighted by Gasteiger charge is -2.09. The summed E-state index contributed by atoms with van der Waals surface area (Å²) in [5, 5.41) is 19.9. The largest absolute Gasteiger partial charge is 0.508 e. The van der Waals surface area contributed by atoms with Gasteiger partial charge in [-0.3, -0.25) is 0 Å². The van der Waals surface area contributed by atoms with Gasteiger partial charge >= 0.3 is 0 Å². The first-order valence-corrected chi connectivity index (χ1v) is 5.06. The van der Waals surface area contributed by atoms with Crippen LogP contribution >= 0.6 is 0 Å². The van der Waals surface area contributed by atoms with Gasteiger partial charge in [-0.1, -0.05) is 18.2 Å². The molecule has 0 heterocycles. The van der Waals surface area contributed by atoms with Crippen LogP contribution < -0.4 is 5.73 Å². The van der Waals surface area contributed by atoms with Crippen molar-refractivity contribution in [3.63, 3.8) is 0 Å². The second kappa shape index (κ2) is 4.21. The molecule has 0 spiro atoms. The Balaban J connectivity index is 2.45. The van der Waals surface area contributed by atoms with Gasteiger partial charge < -0.3 is 10.8 Å². The van der Waals surface area contributed by atoms with Gasteiger partial charge in [-0.2, -0.15) is 5.26 Å². The molecular weight excluding hydrogens is 200 g/mol. The Labute approximate surface area is 93.7 Å². The van der Waals surface area contributed by atoms with Crippen LogP contribution in [-0.2, 0) is 0 Å². The third kappa shape index (κ3) is 1.97. The number of aromatic hydroxyl groups is 1. The number of nitrogens with zero attached hydrogens (tertiary/aromatic N) is 1. The van der Waals surface area contributed by atoms with Gasteiger partial charge in [0.1, 0.15) is 5.75 Å². The number of phenols is 1. The van der Waals surface area contributed by atoms with E-state index in [2.05, 4.69) is 6.07 Å². The van der Waals surface area contributed by atoms with Crippen LogP contribution in [0.1, 0.15) is 18.0 Å². The number of hydrogen-bond acceptors (Lipinski definition) is 3. The van der Waals surface area contributed by atoms with Crippen molar-refractivity contribution < 1.29 is 5.11 Å². The Bertz CT molecular complexity index is 557. The second-order valence-electron chi connectivity index (χ2n) is 3.76. The highest BCUT2D eigenvalue weighted by Gasteiger charge is 2.06. The van der Waals surface area contributed by atoms with E-state index in [1.54, 1.807) is 12.1 Å². The molecule has 2 aromatic carbocycles. The third-order valence-corrected chi connectivity index (χ3v) is 2.59. The molecular formula is C13H12N2O. The molecule has 0 aliphatic rings. The molecule has 2 rings (SSSR count). The SMILES string of the molecule is N#CC[C@H](N)c1ccc2cc(O)ccc2c1. The fraction of sp³-hybridized carbons (Fsp3) is 0.154. The number of nitriles is 1. The Morgan fingerprint density at radius 3 is 2.62 bits per heavy atom. The smallest absolute Gasteiger partial charge is 0.116 e. The van der Waals surface area contributed by atoms with Crippen LogP contribution in [0.25, 0.3) is 10.8 Å². The van der Waals surface area contributed by atoms with E-state index in [-0.39, 0.29) is 11.8 Å². The standard InChI is InChI=1S/C13H12N2O/c14-6-5-13(15)11-2-1-10-8-12(16)4-3-9(10)7-11/h1-4,7-8,13,16H,5,15H2/t13-/m0/s1. The average Bonchev–Trinajstić information content (AvgIpc) is 2.28. The van der Waals surface area contributed by atoms with Crippen molar-refractivity contribution in [1.82, 2.24) is 0 Å². The molecule has 3 nitrogen and oxygen atoms in total. The molecule has 0 saturated heterocycles. The summed E-state index contributed by atoms with van der Waals surface area (Å²) in [4.78, 5) is 0. The number of nitrogens with two attached hydrogens (primary N) is 1. The molecule has 0 unspecified atom stereocenters. The molecule has 2 aromatic rings.